The first kappa shape index (κ1) is 28.7. The van der Waals surface area contributed by atoms with E-state index in [0.29, 0.717) is 6.42 Å². The second kappa shape index (κ2) is 19.2. The lowest BCUT2D eigenvalue weighted by atomic mass is 10.0. The van der Waals surface area contributed by atoms with E-state index in [4.69, 9.17) is 0 Å². The van der Waals surface area contributed by atoms with Gasteiger partial charge in [0, 0.05) is 12.8 Å². The molecule has 1 rings (SSSR count). The Bertz CT molecular complexity index is 669. The zero-order valence-corrected chi connectivity index (χ0v) is 20.6. The highest BCUT2D eigenvalue weighted by atomic mass is 16.4. The molecule has 3 N–H and O–H groups in total. The number of aliphatic carboxylic acids is 1. The molecule has 1 amide bonds. The van der Waals surface area contributed by atoms with Crippen LogP contribution >= 0.6 is 0 Å². The van der Waals surface area contributed by atoms with E-state index in [1.165, 1.54) is 76.3 Å². The van der Waals surface area contributed by atoms with Crippen LogP contribution in [0.1, 0.15) is 109 Å². The Hall–Kier alpha value is -2.30. The van der Waals surface area contributed by atoms with Gasteiger partial charge in [0.1, 0.15) is 11.8 Å². The quantitative estimate of drug-likeness (QED) is 0.146. The summed E-state index contributed by atoms with van der Waals surface area (Å²) < 4.78 is 0. The van der Waals surface area contributed by atoms with Crippen LogP contribution in [-0.2, 0) is 16.0 Å². The minimum absolute atomic E-state index is 0.134. The molecule has 33 heavy (non-hydrogen) atoms. The fourth-order valence-electron chi connectivity index (χ4n) is 3.87. The number of carboxylic acids is 1. The van der Waals surface area contributed by atoms with Crippen LogP contribution < -0.4 is 5.32 Å². The minimum Gasteiger partial charge on any atom is -0.508 e. The number of carbonyl (C=O) groups excluding carboxylic acids is 1. The van der Waals surface area contributed by atoms with Gasteiger partial charge < -0.3 is 15.5 Å². The highest BCUT2D eigenvalue weighted by Crippen LogP contribution is 2.13. The van der Waals surface area contributed by atoms with Gasteiger partial charge in [-0.3, -0.25) is 4.79 Å². The van der Waals surface area contributed by atoms with Crippen LogP contribution in [0.5, 0.6) is 5.75 Å². The summed E-state index contributed by atoms with van der Waals surface area (Å²) in [5.41, 5.74) is 0.761. The fraction of sp³-hybridized carbons (Fsp3) is 0.643. The molecule has 0 radical (unpaired) electrons. The Balaban J connectivity index is 2.01. The van der Waals surface area contributed by atoms with Gasteiger partial charge in [-0.15, -0.1) is 0 Å². The van der Waals surface area contributed by atoms with E-state index in [2.05, 4.69) is 24.4 Å². The number of rotatable bonds is 20. The van der Waals surface area contributed by atoms with Gasteiger partial charge in [-0.25, -0.2) is 4.79 Å². The third-order valence-electron chi connectivity index (χ3n) is 5.93. The molecule has 186 valence electrons. The van der Waals surface area contributed by atoms with Crippen molar-refractivity contribution >= 4 is 11.9 Å². The molecule has 0 spiro atoms. The second-order valence-electron chi connectivity index (χ2n) is 9.02. The fourth-order valence-corrected chi connectivity index (χ4v) is 3.87. The predicted octanol–water partition coefficient (Wildman–Crippen LogP) is 6.93. The van der Waals surface area contributed by atoms with Crippen LogP contribution in [0, 0.1) is 0 Å². The summed E-state index contributed by atoms with van der Waals surface area (Å²) in [6, 6.07) is 5.42. The van der Waals surface area contributed by atoms with Gasteiger partial charge >= 0.3 is 5.97 Å². The average molecular weight is 460 g/mol. The van der Waals surface area contributed by atoms with Crippen LogP contribution in [0.2, 0.25) is 0 Å². The van der Waals surface area contributed by atoms with Gasteiger partial charge in [0.15, 0.2) is 0 Å². The van der Waals surface area contributed by atoms with Crippen molar-refractivity contribution in [3.8, 4) is 5.75 Å². The molecule has 0 aliphatic rings. The van der Waals surface area contributed by atoms with Crippen molar-refractivity contribution in [1.29, 1.82) is 0 Å². The number of phenols is 1. The number of nitrogens with one attached hydrogen (secondary N) is 1. The zero-order chi connectivity index (χ0) is 24.2. The summed E-state index contributed by atoms with van der Waals surface area (Å²) in [5, 5.41) is 21.3. The molecule has 5 nitrogen and oxygen atoms in total. The van der Waals surface area contributed by atoms with Crippen molar-refractivity contribution in [2.75, 3.05) is 0 Å². The van der Waals surface area contributed by atoms with E-state index in [9.17, 15) is 19.8 Å². The summed E-state index contributed by atoms with van der Waals surface area (Å²) in [5.74, 6) is -1.12. The predicted molar refractivity (Wildman–Crippen MR) is 135 cm³/mol. The van der Waals surface area contributed by atoms with E-state index in [1.54, 1.807) is 12.1 Å². The lowest BCUT2D eigenvalue weighted by Gasteiger charge is -2.14. The highest BCUT2D eigenvalue weighted by molar-refractivity contribution is 5.83. The Labute approximate surface area is 200 Å². The van der Waals surface area contributed by atoms with Crippen LogP contribution in [0.25, 0.3) is 0 Å². The molecule has 0 fully saturated rings. The number of carbonyl (C=O) groups is 2. The number of benzene rings is 1. The number of aromatic hydroxyl groups is 1. The van der Waals surface area contributed by atoms with Crippen molar-refractivity contribution in [2.24, 2.45) is 0 Å². The first-order chi connectivity index (χ1) is 16.0. The van der Waals surface area contributed by atoms with E-state index < -0.39 is 12.0 Å². The Morgan fingerprint density at radius 2 is 1.33 bits per heavy atom. The van der Waals surface area contributed by atoms with Gasteiger partial charge in [0.25, 0.3) is 0 Å². The number of unbranched alkanes of at least 4 members (excludes halogenated alkanes) is 12. The maximum absolute atomic E-state index is 12.1. The number of carboxylic acid groups (broad SMARTS) is 1. The SMILES string of the molecule is CCCCCCCCC/C=C\CCCCCCCC(=O)N[C@@H](Cc1ccc(O)cc1)C(=O)O. The van der Waals surface area contributed by atoms with Gasteiger partial charge in [-0.1, -0.05) is 89.0 Å². The molecule has 0 heterocycles. The molecular formula is C28H45NO4. The van der Waals surface area contributed by atoms with Crippen LogP contribution in [0.3, 0.4) is 0 Å². The molecule has 0 aliphatic heterocycles. The minimum atomic E-state index is -1.04. The smallest absolute Gasteiger partial charge is 0.326 e. The molecule has 0 bridgehead atoms. The number of phenolic OH excluding ortho intramolecular Hbond substituents is 1. The van der Waals surface area contributed by atoms with Gasteiger partial charge in [0.2, 0.25) is 5.91 Å². The second-order valence-corrected chi connectivity index (χ2v) is 9.02. The molecule has 0 saturated carbocycles. The van der Waals surface area contributed by atoms with Gasteiger partial charge in [-0.2, -0.15) is 0 Å². The monoisotopic (exact) mass is 459 g/mol. The lowest BCUT2D eigenvalue weighted by molar-refractivity contribution is -0.141. The average Bonchev–Trinajstić information content (AvgIpc) is 2.79. The summed E-state index contributed by atoms with van der Waals surface area (Å²) in [6.45, 7) is 2.26. The third kappa shape index (κ3) is 16.0. The topological polar surface area (TPSA) is 86.6 Å². The Kier molecular flexibility index (Phi) is 16.7. The number of hydrogen-bond acceptors (Lipinski definition) is 3. The zero-order valence-electron chi connectivity index (χ0n) is 20.6. The van der Waals surface area contributed by atoms with E-state index >= 15 is 0 Å². The maximum Gasteiger partial charge on any atom is 0.326 e. The first-order valence-electron chi connectivity index (χ1n) is 13.0. The van der Waals surface area contributed by atoms with Crippen molar-refractivity contribution in [1.82, 2.24) is 5.32 Å². The van der Waals surface area contributed by atoms with E-state index in [0.717, 1.165) is 31.2 Å². The summed E-state index contributed by atoms with van der Waals surface area (Å²) in [4.78, 5) is 23.6. The van der Waals surface area contributed by atoms with Gasteiger partial charge in [-0.05, 0) is 49.8 Å². The summed E-state index contributed by atoms with van der Waals surface area (Å²) >= 11 is 0. The van der Waals surface area contributed by atoms with Crippen molar-refractivity contribution in [3.63, 3.8) is 0 Å². The first-order valence-corrected chi connectivity index (χ1v) is 13.0. The molecule has 1 aromatic rings. The lowest BCUT2D eigenvalue weighted by Crippen LogP contribution is -2.42. The van der Waals surface area contributed by atoms with Crippen molar-refractivity contribution in [2.45, 2.75) is 116 Å². The normalized spacial score (nSPS) is 12.2. The molecule has 0 aromatic heterocycles. The molecule has 1 aromatic carbocycles. The van der Waals surface area contributed by atoms with Crippen molar-refractivity contribution < 1.29 is 19.8 Å². The maximum atomic E-state index is 12.1. The standard InChI is InChI=1S/C28H45NO4/c1-2-3-4-5-6-7-8-9-10-11-12-13-14-15-16-17-18-27(31)29-26(28(32)33)23-24-19-21-25(30)22-20-24/h10-11,19-22,26,30H,2-9,12-18,23H2,1H3,(H,29,31)(H,32,33)/b11-10-/t26-/m0/s1. The largest absolute Gasteiger partial charge is 0.508 e. The molecular weight excluding hydrogens is 414 g/mol. The molecule has 0 saturated heterocycles. The highest BCUT2D eigenvalue weighted by Gasteiger charge is 2.20. The number of allylic oxidation sites excluding steroid dienone is 2. The summed E-state index contributed by atoms with van der Waals surface area (Å²) in [7, 11) is 0. The molecule has 1 atom stereocenters. The Morgan fingerprint density at radius 1 is 0.818 bits per heavy atom. The van der Waals surface area contributed by atoms with Crippen LogP contribution in [0.4, 0.5) is 0 Å². The number of amides is 1. The van der Waals surface area contributed by atoms with Crippen LogP contribution in [-0.4, -0.2) is 28.1 Å². The molecule has 0 unspecified atom stereocenters. The van der Waals surface area contributed by atoms with E-state index in [-0.39, 0.29) is 18.1 Å². The molecule has 5 heteroatoms. The molecule has 0 aliphatic carbocycles. The van der Waals surface area contributed by atoms with Crippen molar-refractivity contribution in [3.05, 3.63) is 42.0 Å². The van der Waals surface area contributed by atoms with Gasteiger partial charge in [0.05, 0.1) is 0 Å². The third-order valence-corrected chi connectivity index (χ3v) is 5.93. The summed E-state index contributed by atoms with van der Waals surface area (Å²) in [6.07, 6.45) is 22.3. The van der Waals surface area contributed by atoms with E-state index in [1.807, 2.05) is 0 Å². The van der Waals surface area contributed by atoms with Crippen LogP contribution in [0.15, 0.2) is 36.4 Å². The Morgan fingerprint density at radius 3 is 1.88 bits per heavy atom. The number of hydrogen-bond donors (Lipinski definition) is 3.